The van der Waals surface area contributed by atoms with Gasteiger partial charge in [-0.05, 0) is 55.1 Å². The SMILES string of the molecule is Cc1ccc(Sc2oc(-c3ccccc3)nc2-c2nnc(-c3ccccc3)o2)cc1. The molecule has 146 valence electrons. The van der Waals surface area contributed by atoms with E-state index in [-0.39, 0.29) is 0 Å². The summed E-state index contributed by atoms with van der Waals surface area (Å²) in [6.07, 6.45) is 0. The Kier molecular flexibility index (Phi) is 4.91. The normalized spacial score (nSPS) is 11.0. The number of hydrogen-bond donors (Lipinski definition) is 0. The average molecular weight is 411 g/mol. The van der Waals surface area contributed by atoms with Crippen molar-refractivity contribution in [3.63, 3.8) is 0 Å². The summed E-state index contributed by atoms with van der Waals surface area (Å²) in [6.45, 7) is 2.06. The first-order valence-corrected chi connectivity index (χ1v) is 10.3. The summed E-state index contributed by atoms with van der Waals surface area (Å²) < 4.78 is 12.1. The second-order valence-corrected chi connectivity index (χ2v) is 7.76. The van der Waals surface area contributed by atoms with Crippen molar-refractivity contribution in [1.82, 2.24) is 15.2 Å². The van der Waals surface area contributed by atoms with Gasteiger partial charge >= 0.3 is 0 Å². The summed E-state index contributed by atoms with van der Waals surface area (Å²) in [7, 11) is 0. The smallest absolute Gasteiger partial charge is 0.271 e. The zero-order chi connectivity index (χ0) is 20.3. The Bertz CT molecular complexity index is 1260. The molecule has 5 aromatic rings. The fraction of sp³-hybridized carbons (Fsp3) is 0.0417. The predicted octanol–water partition coefficient (Wildman–Crippen LogP) is 6.52. The number of benzene rings is 3. The first-order valence-electron chi connectivity index (χ1n) is 9.46. The maximum absolute atomic E-state index is 6.13. The van der Waals surface area contributed by atoms with E-state index >= 15 is 0 Å². The molecule has 0 amide bonds. The molecule has 5 nitrogen and oxygen atoms in total. The lowest BCUT2D eigenvalue weighted by atomic mass is 10.2. The molecule has 0 bridgehead atoms. The summed E-state index contributed by atoms with van der Waals surface area (Å²) >= 11 is 1.48. The number of aryl methyl sites for hydroxylation is 1. The van der Waals surface area contributed by atoms with Gasteiger partial charge in [0.2, 0.25) is 11.8 Å². The monoisotopic (exact) mass is 411 g/mol. The van der Waals surface area contributed by atoms with Crippen LogP contribution in [-0.4, -0.2) is 15.2 Å². The Hall–Kier alpha value is -3.64. The Morgan fingerprint density at radius 1 is 0.633 bits per heavy atom. The van der Waals surface area contributed by atoms with Crippen molar-refractivity contribution < 1.29 is 8.83 Å². The summed E-state index contributed by atoms with van der Waals surface area (Å²) in [5.74, 6) is 1.29. The maximum Gasteiger partial charge on any atom is 0.271 e. The summed E-state index contributed by atoms with van der Waals surface area (Å²) in [5.41, 5.74) is 3.48. The van der Waals surface area contributed by atoms with Gasteiger partial charge in [0.1, 0.15) is 0 Å². The van der Waals surface area contributed by atoms with Crippen LogP contribution in [0.5, 0.6) is 0 Å². The molecule has 0 unspecified atom stereocenters. The third-order valence-corrected chi connectivity index (χ3v) is 5.47. The molecule has 0 aliphatic rings. The first-order chi connectivity index (χ1) is 14.8. The van der Waals surface area contributed by atoms with Crippen molar-refractivity contribution in [3.05, 3.63) is 90.5 Å². The third kappa shape index (κ3) is 3.77. The molecule has 0 saturated carbocycles. The molecule has 5 rings (SSSR count). The molecule has 2 heterocycles. The Labute approximate surface area is 177 Å². The molecule has 0 N–H and O–H groups in total. The van der Waals surface area contributed by atoms with Crippen molar-refractivity contribution in [3.8, 4) is 34.5 Å². The average Bonchev–Trinajstić information content (AvgIpc) is 3.44. The van der Waals surface area contributed by atoms with Gasteiger partial charge in [-0.2, -0.15) is 0 Å². The number of rotatable bonds is 5. The molecule has 6 heteroatoms. The molecular weight excluding hydrogens is 394 g/mol. The van der Waals surface area contributed by atoms with Crippen LogP contribution in [0.3, 0.4) is 0 Å². The van der Waals surface area contributed by atoms with Crippen LogP contribution in [0.25, 0.3) is 34.5 Å². The van der Waals surface area contributed by atoms with Crippen LogP contribution in [0.1, 0.15) is 5.56 Å². The Morgan fingerprint density at radius 2 is 1.23 bits per heavy atom. The highest BCUT2D eigenvalue weighted by Gasteiger charge is 2.22. The molecule has 0 fully saturated rings. The highest BCUT2D eigenvalue weighted by atomic mass is 32.2. The second kappa shape index (κ2) is 8.00. The minimum absolute atomic E-state index is 0.328. The van der Waals surface area contributed by atoms with Gasteiger partial charge in [0.05, 0.1) is 0 Å². The van der Waals surface area contributed by atoms with Gasteiger partial charge < -0.3 is 8.83 Å². The standard InChI is InChI=1S/C24H17N3O2S/c1-16-12-14-19(15-13-16)30-24-20(25-21(29-24)17-8-4-2-5-9-17)23-27-26-22(28-23)18-10-6-3-7-11-18/h2-15H,1H3. The zero-order valence-electron chi connectivity index (χ0n) is 16.1. The van der Waals surface area contributed by atoms with Gasteiger partial charge in [0.15, 0.2) is 10.8 Å². The molecule has 0 saturated heterocycles. The van der Waals surface area contributed by atoms with Gasteiger partial charge in [0.25, 0.3) is 5.89 Å². The van der Waals surface area contributed by atoms with Crippen LogP contribution >= 0.6 is 11.8 Å². The van der Waals surface area contributed by atoms with Crippen molar-refractivity contribution in [2.75, 3.05) is 0 Å². The van der Waals surface area contributed by atoms with Gasteiger partial charge in [-0.15, -0.1) is 10.2 Å². The van der Waals surface area contributed by atoms with Crippen LogP contribution in [0, 0.1) is 6.92 Å². The van der Waals surface area contributed by atoms with Crippen molar-refractivity contribution in [2.45, 2.75) is 16.9 Å². The zero-order valence-corrected chi connectivity index (χ0v) is 17.0. The Morgan fingerprint density at radius 3 is 1.90 bits per heavy atom. The lowest BCUT2D eigenvalue weighted by molar-refractivity contribution is 0.482. The van der Waals surface area contributed by atoms with E-state index in [0.29, 0.717) is 28.5 Å². The van der Waals surface area contributed by atoms with E-state index in [2.05, 4.69) is 46.4 Å². The van der Waals surface area contributed by atoms with Crippen LogP contribution in [0.15, 0.2) is 104 Å². The van der Waals surface area contributed by atoms with Crippen LogP contribution in [-0.2, 0) is 0 Å². The van der Waals surface area contributed by atoms with E-state index < -0.39 is 0 Å². The van der Waals surface area contributed by atoms with Crippen molar-refractivity contribution in [2.24, 2.45) is 0 Å². The van der Waals surface area contributed by atoms with E-state index in [9.17, 15) is 0 Å². The van der Waals surface area contributed by atoms with Crippen LogP contribution in [0.2, 0.25) is 0 Å². The fourth-order valence-electron chi connectivity index (χ4n) is 2.94. The highest BCUT2D eigenvalue weighted by Crippen LogP contribution is 2.39. The number of hydrogen-bond acceptors (Lipinski definition) is 6. The van der Waals surface area contributed by atoms with E-state index in [1.54, 1.807) is 0 Å². The van der Waals surface area contributed by atoms with Crippen LogP contribution < -0.4 is 0 Å². The molecule has 0 spiro atoms. The van der Waals surface area contributed by atoms with Crippen molar-refractivity contribution in [1.29, 1.82) is 0 Å². The summed E-state index contributed by atoms with van der Waals surface area (Å²) in [4.78, 5) is 5.73. The van der Waals surface area contributed by atoms with Crippen LogP contribution in [0.4, 0.5) is 0 Å². The van der Waals surface area contributed by atoms with E-state index in [1.165, 1.54) is 17.3 Å². The largest absolute Gasteiger partial charge is 0.429 e. The van der Waals surface area contributed by atoms with Gasteiger partial charge in [0, 0.05) is 16.0 Å². The minimum Gasteiger partial charge on any atom is -0.429 e. The minimum atomic E-state index is 0.328. The molecule has 0 aliphatic heterocycles. The van der Waals surface area contributed by atoms with Gasteiger partial charge in [-0.1, -0.05) is 54.1 Å². The molecule has 2 aromatic heterocycles. The predicted molar refractivity (Wildman–Crippen MR) is 116 cm³/mol. The highest BCUT2D eigenvalue weighted by molar-refractivity contribution is 7.99. The first kappa shape index (κ1) is 18.4. The van der Waals surface area contributed by atoms with E-state index in [0.717, 1.165) is 16.0 Å². The third-order valence-electron chi connectivity index (χ3n) is 4.50. The van der Waals surface area contributed by atoms with Crippen molar-refractivity contribution >= 4 is 11.8 Å². The topological polar surface area (TPSA) is 65.0 Å². The summed E-state index contributed by atoms with van der Waals surface area (Å²) in [5, 5.41) is 9.04. The number of aromatic nitrogens is 3. The molecule has 0 atom stereocenters. The second-order valence-electron chi connectivity index (χ2n) is 6.71. The lowest BCUT2D eigenvalue weighted by Crippen LogP contribution is -1.82. The molecule has 3 aromatic carbocycles. The molecule has 30 heavy (non-hydrogen) atoms. The quantitative estimate of drug-likeness (QED) is 0.328. The summed E-state index contributed by atoms with van der Waals surface area (Å²) in [6, 6.07) is 27.7. The molecule has 0 aliphatic carbocycles. The van der Waals surface area contributed by atoms with Gasteiger partial charge in [-0.3, -0.25) is 0 Å². The fourth-order valence-corrected chi connectivity index (χ4v) is 3.78. The number of oxazole rings is 1. The number of nitrogens with zero attached hydrogens (tertiary/aromatic N) is 3. The molecular formula is C24H17N3O2S. The van der Waals surface area contributed by atoms with E-state index in [4.69, 9.17) is 8.83 Å². The van der Waals surface area contributed by atoms with E-state index in [1.807, 2.05) is 60.7 Å². The maximum atomic E-state index is 6.13. The Balaban J connectivity index is 1.56. The lowest BCUT2D eigenvalue weighted by Gasteiger charge is -2.00. The molecule has 0 radical (unpaired) electrons. The van der Waals surface area contributed by atoms with Gasteiger partial charge in [-0.25, -0.2) is 4.98 Å².